The predicted molar refractivity (Wildman–Crippen MR) is 119 cm³/mol. The van der Waals surface area contributed by atoms with Crippen LogP contribution >= 0.6 is 0 Å². The van der Waals surface area contributed by atoms with Crippen LogP contribution in [-0.2, 0) is 16.4 Å². The highest BCUT2D eigenvalue weighted by atomic mass is 32.2. The number of carbonyl (C=O) groups excluding carboxylic acids is 1. The lowest BCUT2D eigenvalue weighted by Crippen LogP contribution is -2.31. The van der Waals surface area contributed by atoms with Crippen molar-refractivity contribution < 1.29 is 13.2 Å². The van der Waals surface area contributed by atoms with E-state index >= 15 is 0 Å². The van der Waals surface area contributed by atoms with E-state index in [9.17, 15) is 13.2 Å². The molecule has 0 radical (unpaired) electrons. The summed E-state index contributed by atoms with van der Waals surface area (Å²) in [7, 11) is -3.45. The Morgan fingerprint density at radius 2 is 1.81 bits per heavy atom. The molecule has 1 aliphatic carbocycles. The molecule has 3 aromatic rings. The van der Waals surface area contributed by atoms with Gasteiger partial charge >= 0.3 is 0 Å². The maximum absolute atomic E-state index is 13.1. The van der Waals surface area contributed by atoms with Crippen LogP contribution < -0.4 is 0 Å². The fraction of sp³-hybridized carbons (Fsp3) is 0.417. The number of hydrogen-bond acceptors (Lipinski definition) is 4. The van der Waals surface area contributed by atoms with Gasteiger partial charge in [-0.25, -0.2) is 13.4 Å². The number of aryl methyl sites for hydroxylation is 1. The number of hydrogen-bond donors (Lipinski definition) is 0. The first-order valence-corrected chi connectivity index (χ1v) is 12.4. The average molecular weight is 438 g/mol. The summed E-state index contributed by atoms with van der Waals surface area (Å²) in [6.07, 6.45) is 12.0. The minimum atomic E-state index is -3.45. The second kappa shape index (κ2) is 7.88. The van der Waals surface area contributed by atoms with Gasteiger partial charge in [-0.05, 0) is 60.9 Å². The zero-order chi connectivity index (χ0) is 21.5. The number of rotatable bonds is 6. The zero-order valence-electron chi connectivity index (χ0n) is 17.5. The van der Waals surface area contributed by atoms with Crippen molar-refractivity contribution in [1.29, 1.82) is 0 Å². The van der Waals surface area contributed by atoms with Gasteiger partial charge in [-0.15, -0.1) is 0 Å². The van der Waals surface area contributed by atoms with E-state index in [0.717, 1.165) is 30.5 Å². The Labute approximate surface area is 183 Å². The number of pyridine rings is 1. The number of carbonyl (C=O) groups is 1. The fourth-order valence-corrected chi connectivity index (χ4v) is 6.65. The lowest BCUT2D eigenvalue weighted by Gasteiger charge is -2.23. The molecule has 1 saturated carbocycles. The molecule has 0 amide bonds. The van der Waals surface area contributed by atoms with Crippen LogP contribution in [0.5, 0.6) is 0 Å². The van der Waals surface area contributed by atoms with Crippen LogP contribution in [-0.4, -0.2) is 41.0 Å². The lowest BCUT2D eigenvalue weighted by atomic mass is 9.86. The van der Waals surface area contributed by atoms with E-state index in [1.807, 2.05) is 28.8 Å². The molecule has 6 nitrogen and oxygen atoms in total. The van der Waals surface area contributed by atoms with E-state index in [1.165, 1.54) is 12.8 Å². The molecule has 1 saturated heterocycles. The smallest absolute Gasteiger partial charge is 0.243 e. The summed E-state index contributed by atoms with van der Waals surface area (Å²) in [5.41, 5.74) is 2.64. The quantitative estimate of drug-likeness (QED) is 0.544. The Morgan fingerprint density at radius 3 is 2.58 bits per heavy atom. The van der Waals surface area contributed by atoms with Crippen molar-refractivity contribution in [2.24, 2.45) is 5.41 Å². The fourth-order valence-electron chi connectivity index (χ4n) is 5.10. The maximum Gasteiger partial charge on any atom is 0.243 e. The summed E-state index contributed by atoms with van der Waals surface area (Å²) in [6, 6.07) is 10.7. The number of Topliss-reactive ketones (excluding diaryl/α,β-unsaturated/α-hetero) is 1. The highest BCUT2D eigenvalue weighted by Gasteiger charge is 2.44. The molecule has 31 heavy (non-hydrogen) atoms. The van der Waals surface area contributed by atoms with Gasteiger partial charge in [0, 0.05) is 43.7 Å². The van der Waals surface area contributed by atoms with Crippen molar-refractivity contribution in [2.45, 2.75) is 49.8 Å². The van der Waals surface area contributed by atoms with Gasteiger partial charge in [0.05, 0.1) is 4.90 Å². The third-order valence-corrected chi connectivity index (χ3v) is 8.84. The molecule has 162 valence electrons. The zero-order valence-corrected chi connectivity index (χ0v) is 18.4. The lowest BCUT2D eigenvalue weighted by molar-refractivity contribution is 0.0982. The Bertz CT molecular complexity index is 1210. The molecule has 3 heterocycles. The summed E-state index contributed by atoms with van der Waals surface area (Å²) < 4.78 is 29.7. The normalized spacial score (nSPS) is 18.8. The van der Waals surface area contributed by atoms with Crippen LogP contribution in [0.2, 0.25) is 0 Å². The minimum Gasteiger partial charge on any atom is -0.306 e. The molecule has 2 fully saturated rings. The number of sulfonamides is 1. The van der Waals surface area contributed by atoms with Gasteiger partial charge in [0.2, 0.25) is 10.0 Å². The van der Waals surface area contributed by atoms with E-state index in [4.69, 9.17) is 0 Å². The molecule has 0 atom stereocenters. The SMILES string of the molecule is O=C(CCc1ccc(S(=O)(=O)N2CCC3(CCCC3)C2)cc1)c1ccc2nccn2c1. The number of nitrogens with zero attached hydrogens (tertiary/aromatic N) is 3. The highest BCUT2D eigenvalue weighted by molar-refractivity contribution is 7.89. The first-order chi connectivity index (χ1) is 15.0. The molecule has 7 heteroatoms. The first kappa shape index (κ1) is 20.4. The average Bonchev–Trinajstić information content (AvgIpc) is 3.54. The Kier molecular flexibility index (Phi) is 5.18. The van der Waals surface area contributed by atoms with Crippen molar-refractivity contribution in [2.75, 3.05) is 13.1 Å². The second-order valence-corrected chi connectivity index (χ2v) is 10.9. The molecule has 2 aromatic heterocycles. The van der Waals surface area contributed by atoms with E-state index in [0.29, 0.717) is 36.4 Å². The van der Waals surface area contributed by atoms with Crippen molar-refractivity contribution in [3.8, 4) is 0 Å². The van der Waals surface area contributed by atoms with Crippen LogP contribution in [0.4, 0.5) is 0 Å². The number of ketones is 1. The predicted octanol–water partition coefficient (Wildman–Crippen LogP) is 4.10. The largest absolute Gasteiger partial charge is 0.306 e. The summed E-state index contributed by atoms with van der Waals surface area (Å²) >= 11 is 0. The van der Waals surface area contributed by atoms with Crippen LogP contribution in [0.1, 0.15) is 54.4 Å². The second-order valence-electron chi connectivity index (χ2n) is 8.97. The third-order valence-electron chi connectivity index (χ3n) is 6.98. The topological polar surface area (TPSA) is 71.8 Å². The van der Waals surface area contributed by atoms with Crippen LogP contribution in [0.3, 0.4) is 0 Å². The van der Waals surface area contributed by atoms with E-state index in [2.05, 4.69) is 4.98 Å². The third kappa shape index (κ3) is 3.92. The van der Waals surface area contributed by atoms with Gasteiger partial charge in [0.15, 0.2) is 5.78 Å². The van der Waals surface area contributed by atoms with Crippen LogP contribution in [0.25, 0.3) is 5.65 Å². The molecule has 0 bridgehead atoms. The monoisotopic (exact) mass is 437 g/mol. The van der Waals surface area contributed by atoms with Gasteiger partial charge in [-0.1, -0.05) is 25.0 Å². The van der Waals surface area contributed by atoms with Crippen molar-refractivity contribution in [1.82, 2.24) is 13.7 Å². The first-order valence-electron chi connectivity index (χ1n) is 11.0. The summed E-state index contributed by atoms with van der Waals surface area (Å²) in [6.45, 7) is 1.28. The number of imidazole rings is 1. The Balaban J connectivity index is 1.23. The van der Waals surface area contributed by atoms with Crippen LogP contribution in [0, 0.1) is 5.41 Å². The molecule has 1 aliphatic heterocycles. The molecule has 2 aliphatic rings. The molecular weight excluding hydrogens is 410 g/mol. The molecular formula is C24H27N3O3S. The number of benzene rings is 1. The highest BCUT2D eigenvalue weighted by Crippen LogP contribution is 2.46. The van der Waals surface area contributed by atoms with Gasteiger partial charge in [0.25, 0.3) is 0 Å². The number of fused-ring (bicyclic) bond motifs is 1. The summed E-state index contributed by atoms with van der Waals surface area (Å²) in [5.74, 6) is 0.0613. The van der Waals surface area contributed by atoms with Crippen molar-refractivity contribution >= 4 is 21.5 Å². The van der Waals surface area contributed by atoms with Gasteiger partial charge in [-0.3, -0.25) is 4.79 Å². The Hall–Kier alpha value is -2.51. The van der Waals surface area contributed by atoms with Gasteiger partial charge < -0.3 is 4.40 Å². The molecule has 5 rings (SSSR count). The molecule has 0 unspecified atom stereocenters. The van der Waals surface area contributed by atoms with Crippen molar-refractivity contribution in [3.63, 3.8) is 0 Å². The van der Waals surface area contributed by atoms with Crippen molar-refractivity contribution in [3.05, 3.63) is 66.1 Å². The van der Waals surface area contributed by atoms with Crippen LogP contribution in [0.15, 0.2) is 59.9 Å². The molecule has 1 spiro atoms. The van der Waals surface area contributed by atoms with E-state index in [1.54, 1.807) is 34.9 Å². The minimum absolute atomic E-state index is 0.0613. The van der Waals surface area contributed by atoms with Gasteiger partial charge in [0.1, 0.15) is 5.65 Å². The number of aromatic nitrogens is 2. The van der Waals surface area contributed by atoms with Gasteiger partial charge in [-0.2, -0.15) is 4.31 Å². The molecule has 0 N–H and O–H groups in total. The van der Waals surface area contributed by atoms with E-state index in [-0.39, 0.29) is 11.2 Å². The van der Waals surface area contributed by atoms with E-state index < -0.39 is 10.0 Å². The Morgan fingerprint density at radius 1 is 1.03 bits per heavy atom. The standard InChI is InChI=1S/C24H27N3O3S/c28-22(20-6-10-23-25-14-16-26(23)17-20)9-5-19-3-7-21(8-4-19)31(29,30)27-15-13-24(18-27)11-1-2-12-24/h3-4,6-8,10,14,16-17H,1-2,5,9,11-13,15,18H2. The maximum atomic E-state index is 13.1. The summed E-state index contributed by atoms with van der Waals surface area (Å²) in [4.78, 5) is 17.1. The summed E-state index contributed by atoms with van der Waals surface area (Å²) in [5, 5.41) is 0. The molecule has 1 aromatic carbocycles.